The van der Waals surface area contributed by atoms with Gasteiger partial charge in [-0.15, -0.1) is 0 Å². The summed E-state index contributed by atoms with van der Waals surface area (Å²) >= 11 is 0. The van der Waals surface area contributed by atoms with Gasteiger partial charge in [0.15, 0.2) is 6.10 Å². The zero-order chi connectivity index (χ0) is 21.5. The summed E-state index contributed by atoms with van der Waals surface area (Å²) in [6, 6.07) is 14.8. The van der Waals surface area contributed by atoms with Gasteiger partial charge in [-0.1, -0.05) is 51.1 Å². The fourth-order valence-electron chi connectivity index (χ4n) is 3.95. The Labute approximate surface area is 178 Å². The second-order valence-corrected chi connectivity index (χ2v) is 10.9. The van der Waals surface area contributed by atoms with E-state index in [1.54, 1.807) is 17.0 Å². The maximum absolute atomic E-state index is 13.0. The number of fused-ring (bicyclic) bond motifs is 1. The van der Waals surface area contributed by atoms with Gasteiger partial charge in [-0.2, -0.15) is 4.31 Å². The quantitative estimate of drug-likeness (QED) is 0.754. The molecule has 6 nitrogen and oxygen atoms in total. The predicted octanol–water partition coefficient (Wildman–Crippen LogP) is 2.82. The van der Waals surface area contributed by atoms with Gasteiger partial charge in [-0.25, -0.2) is 8.42 Å². The number of piperazine rings is 1. The summed E-state index contributed by atoms with van der Waals surface area (Å²) in [5.41, 5.74) is 2.10. The summed E-state index contributed by atoms with van der Waals surface area (Å²) < 4.78 is 33.3. The minimum atomic E-state index is -3.57. The standard InChI is InChI=1S/C23H28N2O4S/c1-23(2,3)18-8-10-19(11-9-18)30(27,28)25-14-12-24(13-15-25)22(26)21-16-17-6-4-5-7-20(17)29-21/h4-11,21H,12-16H2,1-3H3. The van der Waals surface area contributed by atoms with Crippen LogP contribution in [0.4, 0.5) is 0 Å². The number of benzene rings is 2. The maximum Gasteiger partial charge on any atom is 0.264 e. The van der Waals surface area contributed by atoms with Crippen LogP contribution in [0.15, 0.2) is 53.4 Å². The lowest BCUT2D eigenvalue weighted by Gasteiger charge is -2.35. The van der Waals surface area contributed by atoms with Crippen molar-refractivity contribution in [3.05, 3.63) is 59.7 Å². The van der Waals surface area contributed by atoms with Gasteiger partial charge in [-0.05, 0) is 34.7 Å². The molecule has 1 amide bonds. The highest BCUT2D eigenvalue weighted by Gasteiger charge is 2.36. The molecule has 2 aliphatic heterocycles. The molecule has 0 bridgehead atoms. The van der Waals surface area contributed by atoms with Crippen molar-refractivity contribution in [2.24, 2.45) is 0 Å². The Kier molecular flexibility index (Phi) is 5.36. The van der Waals surface area contributed by atoms with Gasteiger partial charge in [-0.3, -0.25) is 4.79 Å². The second kappa shape index (κ2) is 7.71. The summed E-state index contributed by atoms with van der Waals surface area (Å²) in [5, 5.41) is 0. The highest BCUT2D eigenvalue weighted by atomic mass is 32.2. The van der Waals surface area contributed by atoms with Crippen LogP contribution in [0, 0.1) is 0 Å². The van der Waals surface area contributed by atoms with E-state index in [0.717, 1.165) is 16.9 Å². The molecule has 1 unspecified atom stereocenters. The molecule has 2 aromatic carbocycles. The van der Waals surface area contributed by atoms with Crippen LogP contribution in [0.5, 0.6) is 5.75 Å². The van der Waals surface area contributed by atoms with Gasteiger partial charge in [0.05, 0.1) is 4.90 Å². The largest absolute Gasteiger partial charge is 0.480 e. The van der Waals surface area contributed by atoms with Crippen LogP contribution in [0.3, 0.4) is 0 Å². The van der Waals surface area contributed by atoms with Crippen molar-refractivity contribution >= 4 is 15.9 Å². The number of rotatable bonds is 3. The zero-order valence-corrected chi connectivity index (χ0v) is 18.5. The molecule has 0 N–H and O–H groups in total. The average Bonchev–Trinajstić information content (AvgIpc) is 3.17. The first kappa shape index (κ1) is 20.9. The van der Waals surface area contributed by atoms with E-state index in [0.29, 0.717) is 24.4 Å². The van der Waals surface area contributed by atoms with E-state index in [-0.39, 0.29) is 24.4 Å². The first-order chi connectivity index (χ1) is 14.2. The Morgan fingerprint density at radius 1 is 0.967 bits per heavy atom. The molecule has 2 aromatic rings. The van der Waals surface area contributed by atoms with Crippen molar-refractivity contribution in [2.75, 3.05) is 26.2 Å². The van der Waals surface area contributed by atoms with Gasteiger partial charge in [0.25, 0.3) is 5.91 Å². The van der Waals surface area contributed by atoms with Crippen LogP contribution in [-0.4, -0.2) is 55.8 Å². The van der Waals surface area contributed by atoms with Crippen molar-refractivity contribution in [2.45, 2.75) is 43.6 Å². The lowest BCUT2D eigenvalue weighted by molar-refractivity contribution is -0.139. The molecule has 0 saturated carbocycles. The van der Waals surface area contributed by atoms with Crippen molar-refractivity contribution in [3.8, 4) is 5.75 Å². The van der Waals surface area contributed by atoms with E-state index in [4.69, 9.17) is 4.74 Å². The van der Waals surface area contributed by atoms with Crippen LogP contribution in [0.2, 0.25) is 0 Å². The number of ether oxygens (including phenoxy) is 1. The highest BCUT2D eigenvalue weighted by molar-refractivity contribution is 7.89. The first-order valence-electron chi connectivity index (χ1n) is 10.3. The van der Waals surface area contributed by atoms with Crippen molar-refractivity contribution in [1.82, 2.24) is 9.21 Å². The Hall–Kier alpha value is -2.38. The number of sulfonamides is 1. The Bertz CT molecular complexity index is 1010. The summed E-state index contributed by atoms with van der Waals surface area (Å²) in [6.45, 7) is 7.60. The van der Waals surface area contributed by atoms with Crippen LogP contribution in [-0.2, 0) is 26.7 Å². The number of carbonyl (C=O) groups excluding carboxylic acids is 1. The molecule has 0 radical (unpaired) electrons. The fraction of sp³-hybridized carbons (Fsp3) is 0.435. The van der Waals surface area contributed by atoms with Crippen LogP contribution in [0.25, 0.3) is 0 Å². The van der Waals surface area contributed by atoms with E-state index >= 15 is 0 Å². The Morgan fingerprint density at radius 2 is 1.60 bits per heavy atom. The topological polar surface area (TPSA) is 66.9 Å². The monoisotopic (exact) mass is 428 g/mol. The SMILES string of the molecule is CC(C)(C)c1ccc(S(=O)(=O)N2CCN(C(=O)C3Cc4ccccc4O3)CC2)cc1. The van der Waals surface area contributed by atoms with Gasteiger partial charge < -0.3 is 9.64 Å². The molecule has 30 heavy (non-hydrogen) atoms. The van der Waals surface area contributed by atoms with Crippen molar-refractivity contribution < 1.29 is 17.9 Å². The molecule has 1 saturated heterocycles. The lowest BCUT2D eigenvalue weighted by atomic mass is 9.87. The van der Waals surface area contributed by atoms with Crippen molar-refractivity contribution in [1.29, 1.82) is 0 Å². The zero-order valence-electron chi connectivity index (χ0n) is 17.7. The Balaban J connectivity index is 1.39. The van der Waals surface area contributed by atoms with Crippen LogP contribution < -0.4 is 4.74 Å². The molecule has 4 rings (SSSR count). The number of hydrogen-bond acceptors (Lipinski definition) is 4. The van der Waals surface area contributed by atoms with E-state index < -0.39 is 16.1 Å². The minimum Gasteiger partial charge on any atom is -0.480 e. The first-order valence-corrected chi connectivity index (χ1v) is 11.7. The van der Waals surface area contributed by atoms with Gasteiger partial charge in [0.1, 0.15) is 5.75 Å². The van der Waals surface area contributed by atoms with Crippen molar-refractivity contribution in [3.63, 3.8) is 0 Å². The van der Waals surface area contributed by atoms with E-state index in [1.165, 1.54) is 4.31 Å². The molecule has 0 aliphatic carbocycles. The highest BCUT2D eigenvalue weighted by Crippen LogP contribution is 2.29. The number of nitrogens with zero attached hydrogens (tertiary/aromatic N) is 2. The van der Waals surface area contributed by atoms with Crippen LogP contribution >= 0.6 is 0 Å². The molecule has 7 heteroatoms. The molecule has 1 atom stereocenters. The molecular formula is C23H28N2O4S. The van der Waals surface area contributed by atoms with E-state index in [9.17, 15) is 13.2 Å². The molecule has 0 spiro atoms. The molecule has 0 aromatic heterocycles. The summed E-state index contributed by atoms with van der Waals surface area (Å²) in [5.74, 6) is 0.688. The average molecular weight is 429 g/mol. The fourth-order valence-corrected chi connectivity index (χ4v) is 5.37. The summed E-state index contributed by atoms with van der Waals surface area (Å²) in [4.78, 5) is 14.9. The molecule has 1 fully saturated rings. The maximum atomic E-state index is 13.0. The minimum absolute atomic E-state index is 0.0315. The van der Waals surface area contributed by atoms with Crippen LogP contribution in [0.1, 0.15) is 31.9 Å². The molecular weight excluding hydrogens is 400 g/mol. The third-order valence-corrected chi connectivity index (χ3v) is 7.74. The summed E-state index contributed by atoms with van der Waals surface area (Å²) in [6.07, 6.45) is 0.0451. The predicted molar refractivity (Wildman–Crippen MR) is 115 cm³/mol. The number of carbonyl (C=O) groups is 1. The molecule has 2 heterocycles. The Morgan fingerprint density at radius 3 is 2.20 bits per heavy atom. The van der Waals surface area contributed by atoms with Gasteiger partial charge in [0.2, 0.25) is 10.0 Å². The summed E-state index contributed by atoms with van der Waals surface area (Å²) in [7, 11) is -3.57. The number of hydrogen-bond donors (Lipinski definition) is 0. The van der Waals surface area contributed by atoms with E-state index in [2.05, 4.69) is 20.8 Å². The smallest absolute Gasteiger partial charge is 0.264 e. The van der Waals surface area contributed by atoms with E-state index in [1.807, 2.05) is 36.4 Å². The normalized spacial score (nSPS) is 20.0. The number of amides is 1. The molecule has 160 valence electrons. The van der Waals surface area contributed by atoms with Gasteiger partial charge in [0, 0.05) is 32.6 Å². The lowest BCUT2D eigenvalue weighted by Crippen LogP contribution is -2.53. The third kappa shape index (κ3) is 3.96. The molecule has 2 aliphatic rings. The van der Waals surface area contributed by atoms with Gasteiger partial charge >= 0.3 is 0 Å². The third-order valence-electron chi connectivity index (χ3n) is 5.83. The number of para-hydroxylation sites is 1. The second-order valence-electron chi connectivity index (χ2n) is 8.92.